The maximum absolute atomic E-state index is 14.8. The molecule has 2 saturated heterocycles. The Morgan fingerprint density at radius 1 is 1.10 bits per heavy atom. The minimum atomic E-state index is -0.596. The standard InChI is InChI=1S/C23H24F2N4O/c1-14-9-19-20(24)10-15(11-22(19)26-14)27-23(30)18-5-4-16(12-21(18)25)29-8-7-28-6-2-3-17(28)13-29/h4-5,9-12,17,26H,2-3,6-8,13H2,1H3,(H,27,30)/t17-/m1/s1. The van der Waals surface area contributed by atoms with Crippen LogP contribution in [0.1, 0.15) is 28.9 Å². The molecule has 2 fully saturated rings. The number of carbonyl (C=O) groups is 1. The van der Waals surface area contributed by atoms with E-state index >= 15 is 0 Å². The normalized spacial score (nSPS) is 19.3. The Morgan fingerprint density at radius 3 is 2.80 bits per heavy atom. The molecule has 2 aromatic carbocycles. The second kappa shape index (κ2) is 7.40. The van der Waals surface area contributed by atoms with Gasteiger partial charge in [0.15, 0.2) is 0 Å². The number of amides is 1. The number of rotatable bonds is 3. The zero-order valence-corrected chi connectivity index (χ0v) is 16.8. The van der Waals surface area contributed by atoms with E-state index in [2.05, 4.69) is 20.1 Å². The van der Waals surface area contributed by atoms with Crippen LogP contribution in [-0.4, -0.2) is 48.0 Å². The topological polar surface area (TPSA) is 51.4 Å². The van der Waals surface area contributed by atoms with E-state index in [4.69, 9.17) is 0 Å². The summed E-state index contributed by atoms with van der Waals surface area (Å²) < 4.78 is 29.1. The molecule has 1 aromatic heterocycles. The third-order valence-corrected chi connectivity index (χ3v) is 6.23. The van der Waals surface area contributed by atoms with Gasteiger partial charge in [-0.25, -0.2) is 8.78 Å². The first-order chi connectivity index (χ1) is 14.5. The fourth-order valence-corrected chi connectivity index (χ4v) is 4.71. The minimum absolute atomic E-state index is 0.0542. The van der Waals surface area contributed by atoms with Gasteiger partial charge in [-0.15, -0.1) is 0 Å². The minimum Gasteiger partial charge on any atom is -0.369 e. The van der Waals surface area contributed by atoms with E-state index < -0.39 is 17.5 Å². The summed E-state index contributed by atoms with van der Waals surface area (Å²) in [5.41, 5.74) is 2.44. The molecule has 0 saturated carbocycles. The molecule has 0 spiro atoms. The summed E-state index contributed by atoms with van der Waals surface area (Å²) in [5, 5.41) is 3.07. The molecule has 0 unspecified atom stereocenters. The molecule has 0 radical (unpaired) electrons. The summed E-state index contributed by atoms with van der Waals surface area (Å²) in [6, 6.07) is 9.87. The summed E-state index contributed by atoms with van der Waals surface area (Å²) in [7, 11) is 0. The van der Waals surface area contributed by atoms with E-state index in [-0.39, 0.29) is 11.3 Å². The van der Waals surface area contributed by atoms with Gasteiger partial charge in [0.2, 0.25) is 0 Å². The van der Waals surface area contributed by atoms with Crippen LogP contribution in [0.4, 0.5) is 20.2 Å². The van der Waals surface area contributed by atoms with Crippen molar-refractivity contribution in [1.29, 1.82) is 0 Å². The molecule has 3 aromatic rings. The number of halogens is 2. The Balaban J connectivity index is 1.33. The maximum Gasteiger partial charge on any atom is 0.258 e. The summed E-state index contributed by atoms with van der Waals surface area (Å²) in [5.74, 6) is -1.60. The van der Waals surface area contributed by atoms with Crippen molar-refractivity contribution < 1.29 is 13.6 Å². The van der Waals surface area contributed by atoms with E-state index in [1.54, 1.807) is 18.2 Å². The van der Waals surface area contributed by atoms with Gasteiger partial charge in [-0.05, 0) is 62.7 Å². The number of H-pyrrole nitrogens is 1. The monoisotopic (exact) mass is 410 g/mol. The molecule has 2 aliphatic rings. The van der Waals surface area contributed by atoms with Crippen molar-refractivity contribution in [3.8, 4) is 0 Å². The number of aromatic nitrogens is 1. The van der Waals surface area contributed by atoms with Crippen molar-refractivity contribution in [3.05, 3.63) is 59.3 Å². The molecule has 7 heteroatoms. The van der Waals surface area contributed by atoms with Gasteiger partial charge in [0.25, 0.3) is 5.91 Å². The number of hydrogen-bond donors (Lipinski definition) is 2. The fraction of sp³-hybridized carbons (Fsp3) is 0.348. The van der Waals surface area contributed by atoms with Crippen molar-refractivity contribution >= 4 is 28.2 Å². The van der Waals surface area contributed by atoms with Gasteiger partial charge in [0, 0.05) is 48.1 Å². The van der Waals surface area contributed by atoms with E-state index in [0.29, 0.717) is 16.9 Å². The lowest BCUT2D eigenvalue weighted by Crippen LogP contribution is -2.50. The van der Waals surface area contributed by atoms with Crippen molar-refractivity contribution in [3.63, 3.8) is 0 Å². The highest BCUT2D eigenvalue weighted by atomic mass is 19.1. The summed E-state index contributed by atoms with van der Waals surface area (Å²) in [6.45, 7) is 5.72. The number of aromatic amines is 1. The third-order valence-electron chi connectivity index (χ3n) is 6.23. The molecule has 1 atom stereocenters. The first-order valence-corrected chi connectivity index (χ1v) is 10.4. The molecular weight excluding hydrogens is 386 g/mol. The quantitative estimate of drug-likeness (QED) is 0.677. The molecule has 5 rings (SSSR count). The maximum atomic E-state index is 14.8. The molecular formula is C23H24F2N4O. The predicted molar refractivity (Wildman–Crippen MR) is 114 cm³/mol. The first kappa shape index (κ1) is 19.1. The Hall–Kier alpha value is -2.93. The lowest BCUT2D eigenvalue weighted by Gasteiger charge is -2.38. The predicted octanol–water partition coefficient (Wildman–Crippen LogP) is 4.29. The fourth-order valence-electron chi connectivity index (χ4n) is 4.71. The number of carbonyl (C=O) groups excluding carboxylic acids is 1. The second-order valence-electron chi connectivity index (χ2n) is 8.27. The molecule has 1 amide bonds. The highest BCUT2D eigenvalue weighted by Crippen LogP contribution is 2.28. The van der Waals surface area contributed by atoms with Crippen LogP contribution in [-0.2, 0) is 0 Å². The van der Waals surface area contributed by atoms with Crippen molar-refractivity contribution in [1.82, 2.24) is 9.88 Å². The van der Waals surface area contributed by atoms with Crippen LogP contribution in [0.15, 0.2) is 36.4 Å². The van der Waals surface area contributed by atoms with Gasteiger partial charge >= 0.3 is 0 Å². The number of nitrogens with one attached hydrogen (secondary N) is 2. The Labute approximate surface area is 173 Å². The number of benzene rings is 2. The molecule has 156 valence electrons. The molecule has 2 N–H and O–H groups in total. The van der Waals surface area contributed by atoms with Crippen molar-refractivity contribution in [2.75, 3.05) is 36.4 Å². The third kappa shape index (κ3) is 3.43. The van der Waals surface area contributed by atoms with Crippen molar-refractivity contribution in [2.24, 2.45) is 0 Å². The average molecular weight is 410 g/mol. The number of piperazine rings is 1. The number of fused-ring (bicyclic) bond motifs is 2. The number of hydrogen-bond acceptors (Lipinski definition) is 3. The van der Waals surface area contributed by atoms with E-state index in [1.807, 2.05) is 6.92 Å². The van der Waals surface area contributed by atoms with Crippen LogP contribution in [0, 0.1) is 18.6 Å². The SMILES string of the molecule is Cc1cc2c(F)cc(NC(=O)c3ccc(N4CCN5CCC[C@@H]5C4)cc3F)cc2[nH]1. The van der Waals surface area contributed by atoms with E-state index in [9.17, 15) is 13.6 Å². The van der Waals surface area contributed by atoms with Gasteiger partial charge in [-0.2, -0.15) is 0 Å². The molecule has 0 aliphatic carbocycles. The molecule has 0 bridgehead atoms. The first-order valence-electron chi connectivity index (χ1n) is 10.4. The number of anilines is 2. The second-order valence-corrected chi connectivity index (χ2v) is 8.27. The van der Waals surface area contributed by atoms with Gasteiger partial charge in [0.1, 0.15) is 11.6 Å². The lowest BCUT2D eigenvalue weighted by molar-refractivity contribution is 0.102. The highest BCUT2D eigenvalue weighted by molar-refractivity contribution is 6.05. The van der Waals surface area contributed by atoms with Crippen LogP contribution < -0.4 is 10.2 Å². The Bertz CT molecular complexity index is 1130. The van der Waals surface area contributed by atoms with E-state index in [1.165, 1.54) is 31.0 Å². The summed E-state index contributed by atoms with van der Waals surface area (Å²) in [4.78, 5) is 20.4. The Kier molecular flexibility index (Phi) is 4.70. The van der Waals surface area contributed by atoms with Crippen LogP contribution in [0.2, 0.25) is 0 Å². The van der Waals surface area contributed by atoms with E-state index in [0.717, 1.165) is 37.6 Å². The lowest BCUT2D eigenvalue weighted by atomic mass is 10.1. The van der Waals surface area contributed by atoms with Gasteiger partial charge in [-0.1, -0.05) is 0 Å². The highest BCUT2D eigenvalue weighted by Gasteiger charge is 2.30. The summed E-state index contributed by atoms with van der Waals surface area (Å²) >= 11 is 0. The van der Waals surface area contributed by atoms with Gasteiger partial charge in [0.05, 0.1) is 11.1 Å². The zero-order valence-electron chi connectivity index (χ0n) is 16.8. The van der Waals surface area contributed by atoms with Crippen LogP contribution >= 0.6 is 0 Å². The molecule has 30 heavy (non-hydrogen) atoms. The molecule has 2 aliphatic heterocycles. The van der Waals surface area contributed by atoms with Gasteiger partial charge < -0.3 is 15.2 Å². The number of aryl methyl sites for hydroxylation is 1. The van der Waals surface area contributed by atoms with Crippen LogP contribution in [0.25, 0.3) is 10.9 Å². The van der Waals surface area contributed by atoms with Gasteiger partial charge in [-0.3, -0.25) is 9.69 Å². The molecule has 3 heterocycles. The average Bonchev–Trinajstić information content (AvgIpc) is 3.33. The zero-order chi connectivity index (χ0) is 20.8. The van der Waals surface area contributed by atoms with Crippen molar-refractivity contribution in [2.45, 2.75) is 25.8 Å². The molecule has 5 nitrogen and oxygen atoms in total. The summed E-state index contributed by atoms with van der Waals surface area (Å²) in [6.07, 6.45) is 2.40. The van der Waals surface area contributed by atoms with Crippen LogP contribution in [0.3, 0.4) is 0 Å². The largest absolute Gasteiger partial charge is 0.369 e. The Morgan fingerprint density at radius 2 is 1.97 bits per heavy atom. The van der Waals surface area contributed by atoms with Crippen LogP contribution in [0.5, 0.6) is 0 Å². The number of nitrogens with zero attached hydrogens (tertiary/aromatic N) is 2. The smallest absolute Gasteiger partial charge is 0.258 e.